The Morgan fingerprint density at radius 2 is 1.94 bits per heavy atom. The van der Waals surface area contributed by atoms with E-state index in [1.165, 1.54) is 0 Å². The topological polar surface area (TPSA) is 38.2 Å². The summed E-state index contributed by atoms with van der Waals surface area (Å²) < 4.78 is 5.40. The van der Waals surface area contributed by atoms with Gasteiger partial charge >= 0.3 is 0 Å². The third-order valence-electron chi connectivity index (χ3n) is 3.50. The summed E-state index contributed by atoms with van der Waals surface area (Å²) in [6, 6.07) is 8.00. The van der Waals surface area contributed by atoms with Crippen LogP contribution in [0.25, 0.3) is 11.0 Å². The van der Waals surface area contributed by atoms with Crippen molar-refractivity contribution in [2.24, 2.45) is 0 Å². The Labute approximate surface area is 107 Å². The second kappa shape index (κ2) is 4.53. The first-order chi connectivity index (χ1) is 8.78. The predicted molar refractivity (Wildman–Crippen MR) is 71.9 cm³/mol. The summed E-state index contributed by atoms with van der Waals surface area (Å²) in [5.74, 6) is 0.994. The Hall–Kier alpha value is -1.68. The first-order valence-electron chi connectivity index (χ1n) is 6.29. The molecule has 1 aromatic heterocycles. The smallest absolute Gasteiger partial charge is 0.150 e. The lowest BCUT2D eigenvalue weighted by molar-refractivity contribution is 0.121. The lowest BCUT2D eigenvalue weighted by Gasteiger charge is -2.19. The van der Waals surface area contributed by atoms with Crippen LogP contribution >= 0.6 is 0 Å². The molecule has 2 heterocycles. The van der Waals surface area contributed by atoms with Crippen molar-refractivity contribution in [3.8, 4) is 0 Å². The Balaban J connectivity index is 1.99. The van der Waals surface area contributed by atoms with E-state index in [0.29, 0.717) is 6.10 Å². The SMILES string of the molecule is COC1CCN(c2nc3ccccc3nc2C)C1. The molecule has 1 atom stereocenters. The molecule has 2 aromatic rings. The van der Waals surface area contributed by atoms with Crippen LogP contribution in [-0.4, -0.2) is 36.3 Å². The summed E-state index contributed by atoms with van der Waals surface area (Å²) in [4.78, 5) is 11.6. The highest BCUT2D eigenvalue weighted by molar-refractivity contribution is 5.76. The molecule has 0 bridgehead atoms. The van der Waals surface area contributed by atoms with E-state index in [-0.39, 0.29) is 0 Å². The van der Waals surface area contributed by atoms with E-state index in [1.54, 1.807) is 7.11 Å². The molecule has 0 aliphatic carbocycles. The van der Waals surface area contributed by atoms with Gasteiger partial charge in [-0.25, -0.2) is 9.97 Å². The van der Waals surface area contributed by atoms with Crippen LogP contribution in [0.4, 0.5) is 5.82 Å². The summed E-state index contributed by atoms with van der Waals surface area (Å²) in [6.07, 6.45) is 1.38. The molecule has 0 amide bonds. The van der Waals surface area contributed by atoms with Crippen LogP contribution in [-0.2, 0) is 4.74 Å². The third-order valence-corrected chi connectivity index (χ3v) is 3.50. The van der Waals surface area contributed by atoms with Gasteiger partial charge in [0.1, 0.15) is 0 Å². The molecule has 1 unspecified atom stereocenters. The number of anilines is 1. The van der Waals surface area contributed by atoms with Crippen molar-refractivity contribution in [3.63, 3.8) is 0 Å². The second-order valence-corrected chi connectivity index (χ2v) is 4.71. The minimum absolute atomic E-state index is 0.317. The van der Waals surface area contributed by atoms with Crippen LogP contribution in [0.15, 0.2) is 24.3 Å². The summed E-state index contributed by atoms with van der Waals surface area (Å²) in [6.45, 7) is 3.92. The number of rotatable bonds is 2. The molecule has 4 heteroatoms. The van der Waals surface area contributed by atoms with Crippen LogP contribution < -0.4 is 4.90 Å². The minimum Gasteiger partial charge on any atom is -0.380 e. The van der Waals surface area contributed by atoms with E-state index in [4.69, 9.17) is 9.72 Å². The summed E-state index contributed by atoms with van der Waals surface area (Å²) in [7, 11) is 1.77. The molecule has 0 saturated carbocycles. The maximum atomic E-state index is 5.40. The fraction of sp³-hybridized carbons (Fsp3) is 0.429. The summed E-state index contributed by atoms with van der Waals surface area (Å²) >= 11 is 0. The number of nitrogens with zero attached hydrogens (tertiary/aromatic N) is 3. The number of fused-ring (bicyclic) bond motifs is 1. The van der Waals surface area contributed by atoms with E-state index >= 15 is 0 Å². The van der Waals surface area contributed by atoms with E-state index in [9.17, 15) is 0 Å². The average molecular weight is 243 g/mol. The van der Waals surface area contributed by atoms with Crippen molar-refractivity contribution in [2.45, 2.75) is 19.4 Å². The van der Waals surface area contributed by atoms with Gasteiger partial charge in [-0.2, -0.15) is 0 Å². The predicted octanol–water partition coefficient (Wildman–Crippen LogP) is 2.16. The van der Waals surface area contributed by atoms with E-state index < -0.39 is 0 Å². The summed E-state index contributed by atoms with van der Waals surface area (Å²) in [5, 5.41) is 0. The van der Waals surface area contributed by atoms with Gasteiger partial charge in [0, 0.05) is 20.2 Å². The van der Waals surface area contributed by atoms with Crippen molar-refractivity contribution in [3.05, 3.63) is 30.0 Å². The number of methoxy groups -OCH3 is 1. The zero-order chi connectivity index (χ0) is 12.5. The molecular formula is C14H17N3O. The number of aryl methyl sites for hydroxylation is 1. The van der Waals surface area contributed by atoms with Gasteiger partial charge in [-0.15, -0.1) is 0 Å². The second-order valence-electron chi connectivity index (χ2n) is 4.71. The maximum absolute atomic E-state index is 5.40. The van der Waals surface area contributed by atoms with Crippen molar-refractivity contribution in [1.82, 2.24) is 9.97 Å². The number of aromatic nitrogens is 2. The molecule has 0 spiro atoms. The largest absolute Gasteiger partial charge is 0.380 e. The molecule has 0 radical (unpaired) electrons. The highest BCUT2D eigenvalue weighted by atomic mass is 16.5. The Kier molecular flexibility index (Phi) is 2.88. The lowest BCUT2D eigenvalue weighted by Crippen LogP contribution is -2.24. The quantitative estimate of drug-likeness (QED) is 0.810. The highest BCUT2D eigenvalue weighted by Gasteiger charge is 2.24. The van der Waals surface area contributed by atoms with E-state index in [0.717, 1.165) is 42.1 Å². The van der Waals surface area contributed by atoms with Crippen LogP contribution in [0, 0.1) is 6.92 Å². The van der Waals surface area contributed by atoms with Crippen LogP contribution in [0.3, 0.4) is 0 Å². The van der Waals surface area contributed by atoms with Gasteiger partial charge in [0.2, 0.25) is 0 Å². The fourth-order valence-electron chi connectivity index (χ4n) is 2.49. The monoisotopic (exact) mass is 243 g/mol. The van der Waals surface area contributed by atoms with Crippen LogP contribution in [0.2, 0.25) is 0 Å². The highest BCUT2D eigenvalue weighted by Crippen LogP contribution is 2.24. The van der Waals surface area contributed by atoms with Crippen LogP contribution in [0.1, 0.15) is 12.1 Å². The third kappa shape index (κ3) is 1.93. The lowest BCUT2D eigenvalue weighted by atomic mass is 10.3. The van der Waals surface area contributed by atoms with Gasteiger partial charge in [-0.3, -0.25) is 0 Å². The number of benzene rings is 1. The molecule has 4 nitrogen and oxygen atoms in total. The molecule has 1 fully saturated rings. The molecule has 0 N–H and O–H groups in total. The zero-order valence-electron chi connectivity index (χ0n) is 10.8. The Morgan fingerprint density at radius 3 is 2.61 bits per heavy atom. The maximum Gasteiger partial charge on any atom is 0.150 e. The molecule has 1 aromatic carbocycles. The number of hydrogen-bond acceptors (Lipinski definition) is 4. The first-order valence-corrected chi connectivity index (χ1v) is 6.29. The van der Waals surface area contributed by atoms with Gasteiger partial charge in [0.25, 0.3) is 0 Å². The van der Waals surface area contributed by atoms with Gasteiger partial charge in [0.15, 0.2) is 5.82 Å². The van der Waals surface area contributed by atoms with Gasteiger partial charge in [-0.1, -0.05) is 12.1 Å². The molecule has 1 aliphatic rings. The van der Waals surface area contributed by atoms with Crippen molar-refractivity contribution >= 4 is 16.9 Å². The van der Waals surface area contributed by atoms with E-state index in [1.807, 2.05) is 31.2 Å². The molecular weight excluding hydrogens is 226 g/mol. The van der Waals surface area contributed by atoms with Crippen molar-refractivity contribution < 1.29 is 4.74 Å². The minimum atomic E-state index is 0.317. The van der Waals surface area contributed by atoms with E-state index in [2.05, 4.69) is 9.88 Å². The Morgan fingerprint density at radius 1 is 1.22 bits per heavy atom. The standard InChI is InChI=1S/C14H17N3O/c1-10-14(17-8-7-11(9-17)18-2)16-13-6-4-3-5-12(13)15-10/h3-6,11H,7-9H2,1-2H3. The number of hydrogen-bond donors (Lipinski definition) is 0. The molecule has 1 aliphatic heterocycles. The molecule has 94 valence electrons. The average Bonchev–Trinajstić information content (AvgIpc) is 2.86. The van der Waals surface area contributed by atoms with Gasteiger partial charge in [0.05, 0.1) is 22.8 Å². The van der Waals surface area contributed by atoms with Crippen molar-refractivity contribution in [1.29, 1.82) is 0 Å². The number of para-hydroxylation sites is 2. The normalized spacial score (nSPS) is 19.7. The molecule has 18 heavy (non-hydrogen) atoms. The van der Waals surface area contributed by atoms with Crippen molar-refractivity contribution in [2.75, 3.05) is 25.1 Å². The fourth-order valence-corrected chi connectivity index (χ4v) is 2.49. The number of ether oxygens (including phenoxy) is 1. The van der Waals surface area contributed by atoms with Gasteiger partial charge < -0.3 is 9.64 Å². The van der Waals surface area contributed by atoms with Gasteiger partial charge in [-0.05, 0) is 25.5 Å². The first kappa shape index (κ1) is 11.4. The Bertz CT molecular complexity index is 570. The summed E-state index contributed by atoms with van der Waals surface area (Å²) in [5.41, 5.74) is 2.91. The zero-order valence-corrected chi connectivity index (χ0v) is 10.8. The molecule has 3 rings (SSSR count). The van der Waals surface area contributed by atoms with Crippen LogP contribution in [0.5, 0.6) is 0 Å². The molecule has 1 saturated heterocycles.